The van der Waals surface area contributed by atoms with Crippen LogP contribution in [-0.2, 0) is 4.74 Å². The predicted molar refractivity (Wildman–Crippen MR) is 70.2 cm³/mol. The first-order valence-corrected chi connectivity index (χ1v) is 6.62. The standard InChI is InChI=1S/C13H28N2O2/c1-11(2)15(7-8-17-4)9-13(3,10-16)14-12-5-6-12/h11-12,14,16H,5-10H2,1-4H3. The normalized spacial score (nSPS) is 19.9. The summed E-state index contributed by atoms with van der Waals surface area (Å²) in [6.45, 7) is 9.17. The lowest BCUT2D eigenvalue weighted by Crippen LogP contribution is -2.56. The van der Waals surface area contributed by atoms with E-state index in [0.717, 1.165) is 19.7 Å². The molecule has 4 heteroatoms. The molecule has 2 N–H and O–H groups in total. The average molecular weight is 244 g/mol. The molecule has 4 nitrogen and oxygen atoms in total. The maximum absolute atomic E-state index is 9.60. The lowest BCUT2D eigenvalue weighted by atomic mass is 10.0. The molecule has 1 unspecified atom stereocenters. The smallest absolute Gasteiger partial charge is 0.0623 e. The molecule has 0 heterocycles. The van der Waals surface area contributed by atoms with Gasteiger partial charge in [0.25, 0.3) is 0 Å². The SMILES string of the molecule is COCCN(CC(C)(CO)NC1CC1)C(C)C. The summed E-state index contributed by atoms with van der Waals surface area (Å²) in [5, 5.41) is 13.1. The van der Waals surface area contributed by atoms with Gasteiger partial charge in [-0.2, -0.15) is 0 Å². The fraction of sp³-hybridized carbons (Fsp3) is 1.00. The molecule has 102 valence electrons. The van der Waals surface area contributed by atoms with Gasteiger partial charge in [-0.05, 0) is 33.6 Å². The minimum atomic E-state index is -0.195. The zero-order chi connectivity index (χ0) is 12.9. The van der Waals surface area contributed by atoms with E-state index < -0.39 is 0 Å². The monoisotopic (exact) mass is 244 g/mol. The van der Waals surface area contributed by atoms with Gasteiger partial charge in [0.1, 0.15) is 0 Å². The van der Waals surface area contributed by atoms with Crippen molar-refractivity contribution in [3.63, 3.8) is 0 Å². The second kappa shape index (κ2) is 6.69. The molecule has 0 bridgehead atoms. The average Bonchev–Trinajstić information content (AvgIpc) is 3.07. The summed E-state index contributed by atoms with van der Waals surface area (Å²) in [5.74, 6) is 0. The van der Waals surface area contributed by atoms with Crippen LogP contribution in [0.4, 0.5) is 0 Å². The zero-order valence-electron chi connectivity index (χ0n) is 11.7. The van der Waals surface area contributed by atoms with E-state index in [-0.39, 0.29) is 12.1 Å². The van der Waals surface area contributed by atoms with Crippen LogP contribution in [0.5, 0.6) is 0 Å². The van der Waals surface area contributed by atoms with Crippen molar-refractivity contribution in [3.05, 3.63) is 0 Å². The molecular formula is C13H28N2O2. The number of methoxy groups -OCH3 is 1. The highest BCUT2D eigenvalue weighted by Crippen LogP contribution is 2.23. The first-order chi connectivity index (χ1) is 8.00. The van der Waals surface area contributed by atoms with Crippen LogP contribution in [0.25, 0.3) is 0 Å². The third kappa shape index (κ3) is 5.34. The first-order valence-electron chi connectivity index (χ1n) is 6.62. The van der Waals surface area contributed by atoms with Crippen molar-refractivity contribution in [1.82, 2.24) is 10.2 Å². The van der Waals surface area contributed by atoms with Crippen LogP contribution in [0.15, 0.2) is 0 Å². The Morgan fingerprint density at radius 2 is 2.12 bits per heavy atom. The molecule has 0 spiro atoms. The molecule has 1 saturated carbocycles. The molecule has 1 rings (SSSR count). The van der Waals surface area contributed by atoms with Gasteiger partial charge in [-0.1, -0.05) is 0 Å². The zero-order valence-corrected chi connectivity index (χ0v) is 11.7. The van der Waals surface area contributed by atoms with Gasteiger partial charge in [0, 0.05) is 32.3 Å². The number of ether oxygens (including phenoxy) is 1. The highest BCUT2D eigenvalue weighted by Gasteiger charge is 2.33. The summed E-state index contributed by atoms with van der Waals surface area (Å²) >= 11 is 0. The molecule has 1 fully saturated rings. The van der Waals surface area contributed by atoms with E-state index in [0.29, 0.717) is 12.1 Å². The summed E-state index contributed by atoms with van der Waals surface area (Å²) in [4.78, 5) is 2.36. The van der Waals surface area contributed by atoms with E-state index in [1.54, 1.807) is 7.11 Å². The summed E-state index contributed by atoms with van der Waals surface area (Å²) in [6.07, 6.45) is 2.49. The van der Waals surface area contributed by atoms with E-state index >= 15 is 0 Å². The molecule has 17 heavy (non-hydrogen) atoms. The van der Waals surface area contributed by atoms with Crippen LogP contribution in [0.1, 0.15) is 33.6 Å². The number of nitrogens with zero attached hydrogens (tertiary/aromatic N) is 1. The largest absolute Gasteiger partial charge is 0.394 e. The highest BCUT2D eigenvalue weighted by molar-refractivity contribution is 4.94. The van der Waals surface area contributed by atoms with Gasteiger partial charge in [-0.25, -0.2) is 0 Å². The Kier molecular flexibility index (Phi) is 5.86. The molecule has 0 saturated heterocycles. The number of hydrogen-bond donors (Lipinski definition) is 2. The minimum Gasteiger partial charge on any atom is -0.394 e. The number of aliphatic hydroxyl groups excluding tert-OH is 1. The van der Waals surface area contributed by atoms with Gasteiger partial charge in [-0.15, -0.1) is 0 Å². The molecule has 1 atom stereocenters. The fourth-order valence-corrected chi connectivity index (χ4v) is 2.04. The Bertz CT molecular complexity index is 219. The van der Waals surface area contributed by atoms with Gasteiger partial charge in [0.15, 0.2) is 0 Å². The van der Waals surface area contributed by atoms with Gasteiger partial charge >= 0.3 is 0 Å². The number of aliphatic hydroxyl groups is 1. The van der Waals surface area contributed by atoms with Crippen molar-refractivity contribution < 1.29 is 9.84 Å². The van der Waals surface area contributed by atoms with Crippen molar-refractivity contribution in [1.29, 1.82) is 0 Å². The topological polar surface area (TPSA) is 44.7 Å². The molecule has 0 amide bonds. The molecule has 1 aliphatic rings. The van der Waals surface area contributed by atoms with Gasteiger partial charge in [-0.3, -0.25) is 4.90 Å². The van der Waals surface area contributed by atoms with Crippen LogP contribution in [0.3, 0.4) is 0 Å². The predicted octanol–water partition coefficient (Wildman–Crippen LogP) is 0.846. The Hall–Kier alpha value is -0.160. The number of rotatable bonds is 9. The second-order valence-electron chi connectivity index (χ2n) is 5.69. The minimum absolute atomic E-state index is 0.180. The van der Waals surface area contributed by atoms with Crippen LogP contribution in [0.2, 0.25) is 0 Å². The van der Waals surface area contributed by atoms with E-state index in [9.17, 15) is 5.11 Å². The van der Waals surface area contributed by atoms with Crippen molar-refractivity contribution in [2.75, 3.05) is 33.4 Å². The van der Waals surface area contributed by atoms with E-state index in [2.05, 4.69) is 31.0 Å². The lowest BCUT2D eigenvalue weighted by Gasteiger charge is -2.37. The Labute approximate surface area is 105 Å². The third-order valence-electron chi connectivity index (χ3n) is 3.34. The van der Waals surface area contributed by atoms with Crippen molar-refractivity contribution in [2.24, 2.45) is 0 Å². The van der Waals surface area contributed by atoms with E-state index in [4.69, 9.17) is 4.74 Å². The lowest BCUT2D eigenvalue weighted by molar-refractivity contribution is 0.0773. The fourth-order valence-electron chi connectivity index (χ4n) is 2.04. The molecular weight excluding hydrogens is 216 g/mol. The Balaban J connectivity index is 2.48. The highest BCUT2D eigenvalue weighted by atomic mass is 16.5. The van der Waals surface area contributed by atoms with Gasteiger partial charge in [0.05, 0.1) is 18.8 Å². The quantitative estimate of drug-likeness (QED) is 0.631. The molecule has 0 aromatic heterocycles. The van der Waals surface area contributed by atoms with Crippen molar-refractivity contribution in [3.8, 4) is 0 Å². The number of nitrogens with one attached hydrogen (secondary N) is 1. The summed E-state index contributed by atoms with van der Waals surface area (Å²) < 4.78 is 5.14. The van der Waals surface area contributed by atoms with Crippen LogP contribution in [-0.4, -0.2) is 61.0 Å². The summed E-state index contributed by atoms with van der Waals surface area (Å²) in [7, 11) is 1.73. The van der Waals surface area contributed by atoms with Gasteiger partial charge in [0.2, 0.25) is 0 Å². The summed E-state index contributed by atoms with van der Waals surface area (Å²) in [5.41, 5.74) is -0.195. The van der Waals surface area contributed by atoms with Crippen molar-refractivity contribution in [2.45, 2.75) is 51.2 Å². The molecule has 0 aliphatic heterocycles. The molecule has 0 aromatic carbocycles. The molecule has 1 aliphatic carbocycles. The van der Waals surface area contributed by atoms with Crippen LogP contribution < -0.4 is 5.32 Å². The Morgan fingerprint density at radius 3 is 2.53 bits per heavy atom. The summed E-state index contributed by atoms with van der Waals surface area (Å²) in [6, 6.07) is 1.08. The number of hydrogen-bond acceptors (Lipinski definition) is 4. The maximum atomic E-state index is 9.60. The van der Waals surface area contributed by atoms with Gasteiger partial charge < -0.3 is 15.2 Å². The third-order valence-corrected chi connectivity index (χ3v) is 3.34. The first kappa shape index (κ1) is 14.9. The van der Waals surface area contributed by atoms with E-state index in [1.165, 1.54) is 12.8 Å². The van der Waals surface area contributed by atoms with Crippen molar-refractivity contribution >= 4 is 0 Å². The van der Waals surface area contributed by atoms with Crippen LogP contribution in [0, 0.1) is 0 Å². The second-order valence-corrected chi connectivity index (χ2v) is 5.69. The Morgan fingerprint density at radius 1 is 1.47 bits per heavy atom. The maximum Gasteiger partial charge on any atom is 0.0623 e. The van der Waals surface area contributed by atoms with E-state index in [1.807, 2.05) is 0 Å². The van der Waals surface area contributed by atoms with Crippen LogP contribution >= 0.6 is 0 Å². The molecule has 0 aromatic rings. The molecule has 0 radical (unpaired) electrons.